The molecule has 1 N–H and O–H groups in total. The Hall–Kier alpha value is -2.21. The predicted molar refractivity (Wildman–Crippen MR) is 85.9 cm³/mol. The molecule has 0 saturated carbocycles. The SMILES string of the molecule is COC1=c2c(cc(OC)c(OC)c2=C=O)N(CCN(C)C)C1O. The van der Waals surface area contributed by atoms with Crippen LogP contribution in [0.25, 0.3) is 5.76 Å². The first-order valence-electron chi connectivity index (χ1n) is 7.17. The van der Waals surface area contributed by atoms with Crippen LogP contribution in [0.3, 0.4) is 0 Å². The van der Waals surface area contributed by atoms with Crippen LogP contribution < -0.4 is 24.8 Å². The van der Waals surface area contributed by atoms with Crippen LogP contribution in [0.5, 0.6) is 11.5 Å². The molecule has 1 atom stereocenters. The van der Waals surface area contributed by atoms with Gasteiger partial charge in [0.1, 0.15) is 11.2 Å². The zero-order valence-electron chi connectivity index (χ0n) is 14.0. The van der Waals surface area contributed by atoms with Crippen molar-refractivity contribution in [2.24, 2.45) is 0 Å². The Morgan fingerprint density at radius 1 is 1.26 bits per heavy atom. The van der Waals surface area contributed by atoms with Gasteiger partial charge in [-0.15, -0.1) is 0 Å². The largest absolute Gasteiger partial charge is 0.496 e. The summed E-state index contributed by atoms with van der Waals surface area (Å²) in [7, 11) is 8.30. The fourth-order valence-corrected chi connectivity index (χ4v) is 2.71. The summed E-state index contributed by atoms with van der Waals surface area (Å²) in [5.41, 5.74) is 0.659. The summed E-state index contributed by atoms with van der Waals surface area (Å²) in [5.74, 6) is 2.87. The molecule has 7 nitrogen and oxygen atoms in total. The molecule has 1 aromatic carbocycles. The molecule has 7 heteroatoms. The zero-order valence-corrected chi connectivity index (χ0v) is 14.0. The predicted octanol–water partition coefficient (Wildman–Crippen LogP) is -1.34. The first-order chi connectivity index (χ1) is 11.0. The molecule has 0 radical (unpaired) electrons. The van der Waals surface area contributed by atoms with Crippen LogP contribution in [0.2, 0.25) is 0 Å². The third kappa shape index (κ3) is 2.86. The summed E-state index contributed by atoms with van der Waals surface area (Å²) in [6.45, 7) is 1.28. The second kappa shape index (κ2) is 6.91. The van der Waals surface area contributed by atoms with Gasteiger partial charge in [0.25, 0.3) is 0 Å². The lowest BCUT2D eigenvalue weighted by Crippen LogP contribution is -2.38. The lowest BCUT2D eigenvalue weighted by Gasteiger charge is -2.26. The van der Waals surface area contributed by atoms with E-state index in [4.69, 9.17) is 14.2 Å². The number of anilines is 1. The van der Waals surface area contributed by atoms with E-state index in [1.807, 2.05) is 24.9 Å². The number of hydrogen-bond acceptors (Lipinski definition) is 7. The van der Waals surface area contributed by atoms with Gasteiger partial charge in [0.15, 0.2) is 23.5 Å². The molecule has 23 heavy (non-hydrogen) atoms. The van der Waals surface area contributed by atoms with Gasteiger partial charge in [0.2, 0.25) is 0 Å². The van der Waals surface area contributed by atoms with Crippen LogP contribution >= 0.6 is 0 Å². The average Bonchev–Trinajstić information content (AvgIpc) is 2.81. The molecular formula is C16H22N2O5. The van der Waals surface area contributed by atoms with Gasteiger partial charge >= 0.3 is 0 Å². The summed E-state index contributed by atoms with van der Waals surface area (Å²) in [5, 5.41) is 11.2. The van der Waals surface area contributed by atoms with Crippen molar-refractivity contribution in [1.29, 1.82) is 0 Å². The van der Waals surface area contributed by atoms with E-state index in [-0.39, 0.29) is 11.0 Å². The molecule has 1 aromatic rings. The van der Waals surface area contributed by atoms with E-state index in [2.05, 4.69) is 0 Å². The monoisotopic (exact) mass is 322 g/mol. The number of likely N-dealkylation sites (N-methyl/N-ethyl adjacent to an activating group) is 1. The Morgan fingerprint density at radius 2 is 1.96 bits per heavy atom. The summed E-state index contributed by atoms with van der Waals surface area (Å²) in [4.78, 5) is 15.3. The number of aliphatic hydroxyl groups is 1. The summed E-state index contributed by atoms with van der Waals surface area (Å²) in [6, 6.07) is 1.74. The fourth-order valence-electron chi connectivity index (χ4n) is 2.71. The highest BCUT2D eigenvalue weighted by atomic mass is 16.5. The van der Waals surface area contributed by atoms with Crippen LogP contribution in [0, 0.1) is 0 Å². The van der Waals surface area contributed by atoms with Crippen LogP contribution in [0.4, 0.5) is 5.69 Å². The molecule has 0 saturated heterocycles. The van der Waals surface area contributed by atoms with Crippen molar-refractivity contribution < 1.29 is 24.1 Å². The van der Waals surface area contributed by atoms with Gasteiger partial charge in [-0.05, 0) is 14.1 Å². The van der Waals surface area contributed by atoms with E-state index >= 15 is 0 Å². The number of benzene rings is 1. The maximum atomic E-state index is 11.5. The van der Waals surface area contributed by atoms with E-state index in [0.717, 1.165) is 6.54 Å². The maximum absolute atomic E-state index is 11.5. The van der Waals surface area contributed by atoms with Crippen LogP contribution in [-0.2, 0) is 9.53 Å². The molecule has 1 heterocycles. The molecule has 2 rings (SSSR count). The van der Waals surface area contributed by atoms with Crippen LogP contribution in [-0.4, -0.2) is 70.7 Å². The normalized spacial score (nSPS) is 16.4. The van der Waals surface area contributed by atoms with E-state index in [1.165, 1.54) is 21.3 Å². The van der Waals surface area contributed by atoms with Gasteiger partial charge < -0.3 is 29.1 Å². The highest BCUT2D eigenvalue weighted by Gasteiger charge is 2.33. The minimum atomic E-state index is -0.973. The number of nitrogens with zero attached hydrogens (tertiary/aromatic N) is 2. The van der Waals surface area contributed by atoms with Crippen molar-refractivity contribution >= 4 is 17.4 Å². The van der Waals surface area contributed by atoms with Crippen LogP contribution in [0.1, 0.15) is 0 Å². The third-order valence-corrected chi connectivity index (χ3v) is 3.84. The average molecular weight is 322 g/mol. The molecule has 0 spiro atoms. The van der Waals surface area contributed by atoms with Crippen LogP contribution in [0.15, 0.2) is 6.07 Å². The lowest BCUT2D eigenvalue weighted by molar-refractivity contribution is 0.176. The Morgan fingerprint density at radius 3 is 2.43 bits per heavy atom. The zero-order chi connectivity index (χ0) is 17.1. The van der Waals surface area contributed by atoms with Gasteiger partial charge in [0, 0.05) is 19.2 Å². The molecule has 0 amide bonds. The van der Waals surface area contributed by atoms with E-state index in [9.17, 15) is 9.90 Å². The van der Waals surface area contributed by atoms with Crippen molar-refractivity contribution in [1.82, 2.24) is 4.90 Å². The smallest absolute Gasteiger partial charge is 0.186 e. The molecule has 1 unspecified atom stereocenters. The Labute approximate surface area is 135 Å². The number of aliphatic hydroxyl groups excluding tert-OH is 1. The van der Waals surface area contributed by atoms with Crippen molar-refractivity contribution in [2.45, 2.75) is 6.23 Å². The third-order valence-electron chi connectivity index (χ3n) is 3.84. The highest BCUT2D eigenvalue weighted by Crippen LogP contribution is 2.30. The van der Waals surface area contributed by atoms with Crippen molar-refractivity contribution in [3.8, 4) is 11.5 Å². The Kier molecular flexibility index (Phi) is 5.15. The number of carbonyl (C=O) groups excluding carboxylic acids is 1. The van der Waals surface area contributed by atoms with Gasteiger partial charge in [-0.3, -0.25) is 0 Å². The molecule has 126 valence electrons. The number of fused-ring (bicyclic) bond motifs is 1. The molecular weight excluding hydrogens is 300 g/mol. The van der Waals surface area contributed by atoms with Gasteiger partial charge in [-0.1, -0.05) is 0 Å². The fraction of sp³-hybridized carbons (Fsp3) is 0.500. The highest BCUT2D eigenvalue weighted by molar-refractivity contribution is 5.74. The van der Waals surface area contributed by atoms with Gasteiger partial charge in [0.05, 0.1) is 32.2 Å². The van der Waals surface area contributed by atoms with E-state index in [1.54, 1.807) is 11.0 Å². The van der Waals surface area contributed by atoms with Crippen molar-refractivity contribution in [3.05, 3.63) is 16.5 Å². The quantitative estimate of drug-likeness (QED) is 0.695. The standard InChI is InChI=1S/C16H22N2O5/c1-17(2)6-7-18-11-8-12(21-3)14(22-4)10(9-19)13(11)15(23-5)16(18)20/h8,16,20H,6-7H2,1-5H3. The first-order valence-corrected chi connectivity index (χ1v) is 7.17. The maximum Gasteiger partial charge on any atom is 0.186 e. The molecule has 0 fully saturated rings. The Bertz CT molecular complexity index is 725. The number of ether oxygens (including phenoxy) is 3. The Balaban J connectivity index is 2.74. The number of methoxy groups -OCH3 is 3. The molecule has 1 aliphatic heterocycles. The minimum absolute atomic E-state index is 0.185. The summed E-state index contributed by atoms with van der Waals surface area (Å²) >= 11 is 0. The van der Waals surface area contributed by atoms with Gasteiger partial charge in [-0.2, -0.15) is 0 Å². The summed E-state index contributed by atoms with van der Waals surface area (Å²) in [6.07, 6.45) is -0.973. The molecule has 0 aliphatic carbocycles. The second-order valence-corrected chi connectivity index (χ2v) is 5.42. The van der Waals surface area contributed by atoms with Crippen molar-refractivity contribution in [2.75, 3.05) is 53.4 Å². The number of rotatable bonds is 6. The number of hydrogen-bond donors (Lipinski definition) is 1. The molecule has 1 aliphatic rings. The second-order valence-electron chi connectivity index (χ2n) is 5.42. The lowest BCUT2D eigenvalue weighted by atomic mass is 10.2. The molecule has 0 aromatic heterocycles. The van der Waals surface area contributed by atoms with Crippen molar-refractivity contribution in [3.63, 3.8) is 0 Å². The van der Waals surface area contributed by atoms with E-state index < -0.39 is 6.23 Å². The first kappa shape index (κ1) is 17.1. The summed E-state index contributed by atoms with van der Waals surface area (Å²) < 4.78 is 15.9. The topological polar surface area (TPSA) is 71.5 Å². The minimum Gasteiger partial charge on any atom is -0.496 e. The molecule has 0 bridgehead atoms. The van der Waals surface area contributed by atoms with Gasteiger partial charge in [-0.25, -0.2) is 4.79 Å². The van der Waals surface area contributed by atoms with E-state index in [0.29, 0.717) is 29.0 Å².